The number of hydrogen-bond acceptors (Lipinski definition) is 5. The van der Waals surface area contributed by atoms with Gasteiger partial charge < -0.3 is 18.8 Å². The lowest BCUT2D eigenvalue weighted by Gasteiger charge is -2.32. The number of rotatable bonds is 5. The molecule has 1 aliphatic heterocycles. The smallest absolute Gasteiger partial charge is 0.435 e. The zero-order valence-corrected chi connectivity index (χ0v) is 13.8. The van der Waals surface area contributed by atoms with Crippen LogP contribution in [-0.2, 0) is 18.8 Å². The highest BCUT2D eigenvalue weighted by atomic mass is 16.7. The van der Waals surface area contributed by atoms with E-state index in [4.69, 9.17) is 18.8 Å². The Kier molecular flexibility index (Phi) is 4.95. The summed E-state index contributed by atoms with van der Waals surface area (Å²) in [6, 6.07) is 7.04. The summed E-state index contributed by atoms with van der Waals surface area (Å²) in [5.41, 5.74) is 0.583. The molecule has 0 aromatic heterocycles. The van der Waals surface area contributed by atoms with Crippen molar-refractivity contribution in [2.75, 3.05) is 13.4 Å². The highest BCUT2D eigenvalue weighted by molar-refractivity contribution is 6.62. The van der Waals surface area contributed by atoms with Crippen molar-refractivity contribution < 1.29 is 23.6 Å². The number of hydrogen-bond donors (Lipinski definition) is 0. The molecule has 1 saturated heterocycles. The summed E-state index contributed by atoms with van der Waals surface area (Å²) in [6.45, 7) is 10.3. The maximum atomic E-state index is 11.8. The Labute approximate surface area is 132 Å². The maximum Gasteiger partial charge on any atom is 0.494 e. The van der Waals surface area contributed by atoms with Crippen LogP contribution in [0.5, 0.6) is 0 Å². The maximum absolute atomic E-state index is 11.8. The summed E-state index contributed by atoms with van der Waals surface area (Å²) in [4.78, 5) is 11.8. The minimum atomic E-state index is -0.432. The number of ether oxygens (including phenoxy) is 2. The number of esters is 1. The lowest BCUT2D eigenvalue weighted by molar-refractivity contribution is -0.0274. The van der Waals surface area contributed by atoms with Gasteiger partial charge in [0.25, 0.3) is 0 Å². The Morgan fingerprint density at radius 1 is 1.09 bits per heavy atom. The van der Waals surface area contributed by atoms with E-state index >= 15 is 0 Å². The van der Waals surface area contributed by atoms with Crippen molar-refractivity contribution in [1.29, 1.82) is 0 Å². The van der Waals surface area contributed by atoms with Crippen molar-refractivity contribution in [1.82, 2.24) is 0 Å². The molecule has 1 aliphatic rings. The van der Waals surface area contributed by atoms with Crippen LogP contribution in [0.2, 0.25) is 0 Å². The number of carbonyl (C=O) groups excluding carboxylic acids is 1. The Morgan fingerprint density at radius 3 is 2.14 bits per heavy atom. The average molecular weight is 306 g/mol. The Morgan fingerprint density at radius 2 is 1.64 bits per heavy atom. The van der Waals surface area contributed by atoms with Crippen LogP contribution in [0.3, 0.4) is 0 Å². The molecule has 1 aromatic carbocycles. The van der Waals surface area contributed by atoms with Crippen molar-refractivity contribution >= 4 is 18.6 Å². The fourth-order valence-electron chi connectivity index (χ4n) is 2.02. The van der Waals surface area contributed by atoms with E-state index in [2.05, 4.69) is 0 Å². The van der Waals surface area contributed by atoms with Gasteiger partial charge in [0.2, 0.25) is 0 Å². The second-order valence-electron chi connectivity index (χ2n) is 6.25. The summed E-state index contributed by atoms with van der Waals surface area (Å²) >= 11 is 0. The van der Waals surface area contributed by atoms with E-state index in [0.29, 0.717) is 12.2 Å². The van der Waals surface area contributed by atoms with Gasteiger partial charge in [-0.3, -0.25) is 0 Å². The minimum absolute atomic E-state index is 0.0334. The molecular formula is C16H23BO5. The van der Waals surface area contributed by atoms with Crippen LogP contribution in [0.1, 0.15) is 45.0 Å². The number of carbonyl (C=O) groups is 1. The summed E-state index contributed by atoms with van der Waals surface area (Å²) in [6.07, 6.45) is 0. The van der Waals surface area contributed by atoms with E-state index in [1.807, 2.05) is 46.8 Å². The molecule has 22 heavy (non-hydrogen) atoms. The van der Waals surface area contributed by atoms with E-state index in [1.165, 1.54) is 0 Å². The van der Waals surface area contributed by atoms with Crippen molar-refractivity contribution in [3.63, 3.8) is 0 Å². The summed E-state index contributed by atoms with van der Waals surface area (Å²) in [5.74, 6) is -0.408. The van der Waals surface area contributed by atoms with Crippen LogP contribution in [-0.4, -0.2) is 37.7 Å². The van der Waals surface area contributed by atoms with Gasteiger partial charge in [-0.2, -0.15) is 0 Å². The lowest BCUT2D eigenvalue weighted by atomic mass is 9.79. The molecule has 0 atom stereocenters. The Balaban J connectivity index is 2.02. The van der Waals surface area contributed by atoms with Crippen LogP contribution < -0.4 is 5.46 Å². The molecule has 0 aliphatic carbocycles. The Hall–Kier alpha value is -1.37. The summed E-state index contributed by atoms with van der Waals surface area (Å²) in [5, 5.41) is 0. The number of benzene rings is 1. The predicted molar refractivity (Wildman–Crippen MR) is 84.1 cm³/mol. The monoisotopic (exact) mass is 306 g/mol. The summed E-state index contributed by atoms with van der Waals surface area (Å²) in [7, 11) is -0.432. The molecule has 0 unspecified atom stereocenters. The highest BCUT2D eigenvalue weighted by Crippen LogP contribution is 2.36. The first-order valence-electron chi connectivity index (χ1n) is 7.47. The zero-order valence-electron chi connectivity index (χ0n) is 13.8. The third-order valence-electron chi connectivity index (χ3n) is 4.15. The van der Waals surface area contributed by atoms with Crippen molar-refractivity contribution in [2.24, 2.45) is 0 Å². The van der Waals surface area contributed by atoms with E-state index in [1.54, 1.807) is 12.1 Å². The third-order valence-corrected chi connectivity index (χ3v) is 4.15. The second kappa shape index (κ2) is 6.40. The van der Waals surface area contributed by atoms with Gasteiger partial charge in [-0.15, -0.1) is 0 Å². The normalized spacial score (nSPS) is 19.2. The SMILES string of the molecule is CCOCOC(=O)c1ccc(B2OC(C)(C)C(C)(C)O2)cc1. The van der Waals surface area contributed by atoms with Gasteiger partial charge in [-0.1, -0.05) is 12.1 Å². The lowest BCUT2D eigenvalue weighted by Crippen LogP contribution is -2.41. The first kappa shape index (κ1) is 17.0. The van der Waals surface area contributed by atoms with E-state index in [-0.39, 0.29) is 18.0 Å². The van der Waals surface area contributed by atoms with Gasteiger partial charge in [0, 0.05) is 6.61 Å². The van der Waals surface area contributed by atoms with Crippen molar-refractivity contribution in [2.45, 2.75) is 45.8 Å². The molecule has 0 radical (unpaired) electrons. The molecule has 1 fully saturated rings. The predicted octanol–water partition coefficient (Wildman–Crippen LogP) is 2.14. The standard InChI is InChI=1S/C16H23BO5/c1-6-19-11-20-14(18)12-7-9-13(10-8-12)17-21-15(2,3)16(4,5)22-17/h7-10H,6,11H2,1-5H3. The summed E-state index contributed by atoms with van der Waals surface area (Å²) < 4.78 is 21.9. The molecule has 0 N–H and O–H groups in total. The quantitative estimate of drug-likeness (QED) is 0.361. The van der Waals surface area contributed by atoms with Crippen LogP contribution in [0.25, 0.3) is 0 Å². The average Bonchev–Trinajstić information content (AvgIpc) is 2.68. The molecular weight excluding hydrogens is 283 g/mol. The molecule has 0 amide bonds. The second-order valence-corrected chi connectivity index (χ2v) is 6.25. The first-order valence-corrected chi connectivity index (χ1v) is 7.47. The molecule has 120 valence electrons. The molecule has 0 bridgehead atoms. The van der Waals surface area contributed by atoms with Gasteiger partial charge in [-0.25, -0.2) is 4.79 Å². The molecule has 2 rings (SSSR count). The van der Waals surface area contributed by atoms with Gasteiger partial charge in [0.15, 0.2) is 6.79 Å². The molecule has 0 saturated carbocycles. The third kappa shape index (κ3) is 3.51. The molecule has 6 heteroatoms. The molecule has 0 spiro atoms. The minimum Gasteiger partial charge on any atom is -0.435 e. The largest absolute Gasteiger partial charge is 0.494 e. The van der Waals surface area contributed by atoms with Crippen LogP contribution in [0.15, 0.2) is 24.3 Å². The van der Waals surface area contributed by atoms with Crippen LogP contribution >= 0.6 is 0 Å². The Bertz CT molecular complexity index is 508. The van der Waals surface area contributed by atoms with Crippen LogP contribution in [0.4, 0.5) is 0 Å². The van der Waals surface area contributed by atoms with Gasteiger partial charge >= 0.3 is 13.1 Å². The van der Waals surface area contributed by atoms with Crippen LogP contribution in [0, 0.1) is 0 Å². The van der Waals surface area contributed by atoms with Crippen molar-refractivity contribution in [3.05, 3.63) is 29.8 Å². The van der Waals surface area contributed by atoms with E-state index in [0.717, 1.165) is 5.46 Å². The first-order chi connectivity index (χ1) is 10.3. The van der Waals surface area contributed by atoms with E-state index < -0.39 is 13.1 Å². The van der Waals surface area contributed by atoms with Gasteiger partial charge in [0.1, 0.15) is 0 Å². The van der Waals surface area contributed by atoms with E-state index in [9.17, 15) is 4.79 Å². The van der Waals surface area contributed by atoms with Crippen molar-refractivity contribution in [3.8, 4) is 0 Å². The highest BCUT2D eigenvalue weighted by Gasteiger charge is 2.51. The molecule has 5 nitrogen and oxygen atoms in total. The topological polar surface area (TPSA) is 54.0 Å². The van der Waals surface area contributed by atoms with Gasteiger partial charge in [-0.05, 0) is 52.2 Å². The molecule has 1 aromatic rings. The molecule has 1 heterocycles. The fraction of sp³-hybridized carbons (Fsp3) is 0.562. The zero-order chi connectivity index (χ0) is 16.4. The fourth-order valence-corrected chi connectivity index (χ4v) is 2.02. The van der Waals surface area contributed by atoms with Gasteiger partial charge in [0.05, 0.1) is 16.8 Å².